The third-order valence-electron chi connectivity index (χ3n) is 2.16. The molecule has 0 amide bonds. The SMILES string of the molecule is CCCC(C)Nc1cc(F)cc(C#N)c1. The Morgan fingerprint density at radius 2 is 2.20 bits per heavy atom. The molecule has 0 aliphatic rings. The molecule has 0 aliphatic heterocycles. The van der Waals surface area contributed by atoms with E-state index < -0.39 is 0 Å². The maximum Gasteiger partial charge on any atom is 0.126 e. The van der Waals surface area contributed by atoms with E-state index in [9.17, 15) is 4.39 Å². The molecule has 1 N–H and O–H groups in total. The number of hydrogen-bond donors (Lipinski definition) is 1. The highest BCUT2D eigenvalue weighted by Gasteiger charge is 2.03. The van der Waals surface area contributed by atoms with Crippen LogP contribution in [0.2, 0.25) is 0 Å². The van der Waals surface area contributed by atoms with Crippen molar-refractivity contribution >= 4 is 5.69 Å². The number of benzene rings is 1. The fraction of sp³-hybridized carbons (Fsp3) is 0.417. The molecule has 0 saturated carbocycles. The van der Waals surface area contributed by atoms with Crippen molar-refractivity contribution in [2.45, 2.75) is 32.7 Å². The predicted octanol–water partition coefficient (Wildman–Crippen LogP) is 3.30. The van der Waals surface area contributed by atoms with E-state index in [1.165, 1.54) is 12.1 Å². The molecule has 0 aromatic heterocycles. The van der Waals surface area contributed by atoms with Crippen LogP contribution in [0.5, 0.6) is 0 Å². The lowest BCUT2D eigenvalue weighted by Crippen LogP contribution is -2.14. The zero-order chi connectivity index (χ0) is 11.3. The molecular formula is C12H15FN2. The second-order valence-corrected chi connectivity index (χ2v) is 3.67. The maximum absolute atomic E-state index is 13.1. The van der Waals surface area contributed by atoms with Gasteiger partial charge < -0.3 is 5.32 Å². The van der Waals surface area contributed by atoms with E-state index in [0.717, 1.165) is 12.8 Å². The molecule has 2 nitrogen and oxygen atoms in total. The monoisotopic (exact) mass is 206 g/mol. The highest BCUT2D eigenvalue weighted by atomic mass is 19.1. The molecule has 1 aromatic rings. The zero-order valence-corrected chi connectivity index (χ0v) is 9.05. The number of rotatable bonds is 4. The molecule has 1 unspecified atom stereocenters. The number of hydrogen-bond acceptors (Lipinski definition) is 2. The lowest BCUT2D eigenvalue weighted by Gasteiger charge is -2.14. The molecule has 0 fully saturated rings. The van der Waals surface area contributed by atoms with Crippen LogP contribution in [0, 0.1) is 17.1 Å². The van der Waals surface area contributed by atoms with Crippen molar-refractivity contribution in [3.63, 3.8) is 0 Å². The minimum Gasteiger partial charge on any atom is -0.382 e. The summed E-state index contributed by atoms with van der Waals surface area (Å²) in [4.78, 5) is 0. The van der Waals surface area contributed by atoms with E-state index in [1.54, 1.807) is 6.07 Å². The van der Waals surface area contributed by atoms with Crippen molar-refractivity contribution in [3.05, 3.63) is 29.6 Å². The summed E-state index contributed by atoms with van der Waals surface area (Å²) in [7, 11) is 0. The first kappa shape index (κ1) is 11.5. The van der Waals surface area contributed by atoms with Gasteiger partial charge in [0.05, 0.1) is 11.6 Å². The van der Waals surface area contributed by atoms with Crippen molar-refractivity contribution in [1.29, 1.82) is 5.26 Å². The van der Waals surface area contributed by atoms with Crippen molar-refractivity contribution in [2.75, 3.05) is 5.32 Å². The fourth-order valence-electron chi connectivity index (χ4n) is 1.53. The maximum atomic E-state index is 13.1. The highest BCUT2D eigenvalue weighted by molar-refractivity contribution is 5.50. The standard InChI is InChI=1S/C12H15FN2/c1-3-4-9(2)15-12-6-10(8-14)5-11(13)7-12/h5-7,9,15H,3-4H2,1-2H3. The first-order valence-electron chi connectivity index (χ1n) is 5.13. The van der Waals surface area contributed by atoms with Crippen molar-refractivity contribution < 1.29 is 4.39 Å². The van der Waals surface area contributed by atoms with Gasteiger partial charge in [-0.15, -0.1) is 0 Å². The van der Waals surface area contributed by atoms with E-state index in [2.05, 4.69) is 12.2 Å². The molecular weight excluding hydrogens is 191 g/mol. The Labute approximate surface area is 89.7 Å². The predicted molar refractivity (Wildman–Crippen MR) is 59.1 cm³/mol. The number of halogens is 1. The van der Waals surface area contributed by atoms with Crippen LogP contribution in [0.25, 0.3) is 0 Å². The molecule has 1 rings (SSSR count). The summed E-state index contributed by atoms with van der Waals surface area (Å²) >= 11 is 0. The minimum atomic E-state index is -0.375. The van der Waals surface area contributed by atoms with Crippen LogP contribution >= 0.6 is 0 Å². The van der Waals surface area contributed by atoms with Crippen LogP contribution in [0.15, 0.2) is 18.2 Å². The van der Waals surface area contributed by atoms with Gasteiger partial charge >= 0.3 is 0 Å². The molecule has 0 heterocycles. The van der Waals surface area contributed by atoms with Crippen molar-refractivity contribution in [1.82, 2.24) is 0 Å². The van der Waals surface area contributed by atoms with Gasteiger partial charge in [-0.1, -0.05) is 13.3 Å². The lowest BCUT2D eigenvalue weighted by molar-refractivity contribution is 0.626. The van der Waals surface area contributed by atoms with Gasteiger partial charge in [0, 0.05) is 11.7 Å². The summed E-state index contributed by atoms with van der Waals surface area (Å²) in [5, 5.41) is 11.8. The minimum absolute atomic E-state index is 0.295. The van der Waals surface area contributed by atoms with E-state index in [1.807, 2.05) is 13.0 Å². The fourth-order valence-corrected chi connectivity index (χ4v) is 1.53. The Balaban J connectivity index is 2.77. The molecule has 0 spiro atoms. The molecule has 0 saturated heterocycles. The van der Waals surface area contributed by atoms with Gasteiger partial charge in [0.25, 0.3) is 0 Å². The molecule has 1 aromatic carbocycles. The van der Waals surface area contributed by atoms with Gasteiger partial charge in [-0.25, -0.2) is 4.39 Å². The van der Waals surface area contributed by atoms with Gasteiger partial charge in [-0.3, -0.25) is 0 Å². The molecule has 0 bridgehead atoms. The average molecular weight is 206 g/mol. The van der Waals surface area contributed by atoms with Crippen molar-refractivity contribution in [3.8, 4) is 6.07 Å². The Morgan fingerprint density at radius 3 is 2.80 bits per heavy atom. The number of anilines is 1. The van der Waals surface area contributed by atoms with Crippen LogP contribution in [0.1, 0.15) is 32.3 Å². The van der Waals surface area contributed by atoms with Gasteiger partial charge in [0.2, 0.25) is 0 Å². The Kier molecular flexibility index (Phi) is 4.11. The van der Waals surface area contributed by atoms with Crippen LogP contribution < -0.4 is 5.32 Å². The largest absolute Gasteiger partial charge is 0.382 e. The van der Waals surface area contributed by atoms with E-state index in [0.29, 0.717) is 17.3 Å². The quantitative estimate of drug-likeness (QED) is 0.820. The van der Waals surface area contributed by atoms with E-state index in [-0.39, 0.29) is 5.82 Å². The molecule has 0 radical (unpaired) electrons. The molecule has 80 valence electrons. The summed E-state index contributed by atoms with van der Waals surface area (Å²) in [6.07, 6.45) is 2.10. The van der Waals surface area contributed by atoms with Gasteiger partial charge in [-0.2, -0.15) is 5.26 Å². The Bertz CT molecular complexity index is 368. The molecule has 3 heteroatoms. The second-order valence-electron chi connectivity index (χ2n) is 3.67. The van der Waals surface area contributed by atoms with Crippen LogP contribution in [0.3, 0.4) is 0 Å². The Morgan fingerprint density at radius 1 is 1.47 bits per heavy atom. The normalized spacial score (nSPS) is 11.9. The second kappa shape index (κ2) is 5.35. The van der Waals surface area contributed by atoms with Gasteiger partial charge in [-0.05, 0) is 31.5 Å². The van der Waals surface area contributed by atoms with E-state index >= 15 is 0 Å². The van der Waals surface area contributed by atoms with Gasteiger partial charge in [0.15, 0.2) is 0 Å². The first-order chi connectivity index (χ1) is 7.15. The summed E-state index contributed by atoms with van der Waals surface area (Å²) in [6, 6.07) is 6.53. The third kappa shape index (κ3) is 3.59. The summed E-state index contributed by atoms with van der Waals surface area (Å²) in [5.41, 5.74) is 1.02. The molecule has 15 heavy (non-hydrogen) atoms. The number of nitrogens with zero attached hydrogens (tertiary/aromatic N) is 1. The average Bonchev–Trinajstić information content (AvgIpc) is 2.17. The topological polar surface area (TPSA) is 35.8 Å². The Hall–Kier alpha value is -1.56. The number of nitriles is 1. The van der Waals surface area contributed by atoms with Crippen LogP contribution in [-0.2, 0) is 0 Å². The smallest absolute Gasteiger partial charge is 0.126 e. The molecule has 1 atom stereocenters. The third-order valence-corrected chi connectivity index (χ3v) is 2.16. The van der Waals surface area contributed by atoms with Gasteiger partial charge in [0.1, 0.15) is 5.82 Å². The molecule has 0 aliphatic carbocycles. The van der Waals surface area contributed by atoms with Crippen LogP contribution in [-0.4, -0.2) is 6.04 Å². The zero-order valence-electron chi connectivity index (χ0n) is 9.05. The van der Waals surface area contributed by atoms with E-state index in [4.69, 9.17) is 5.26 Å². The number of nitrogens with one attached hydrogen (secondary N) is 1. The highest BCUT2D eigenvalue weighted by Crippen LogP contribution is 2.15. The first-order valence-corrected chi connectivity index (χ1v) is 5.13. The summed E-state index contributed by atoms with van der Waals surface area (Å²) in [6.45, 7) is 4.14. The van der Waals surface area contributed by atoms with Crippen molar-refractivity contribution in [2.24, 2.45) is 0 Å². The van der Waals surface area contributed by atoms with Crippen LogP contribution in [0.4, 0.5) is 10.1 Å². The lowest BCUT2D eigenvalue weighted by atomic mass is 10.1. The summed E-state index contributed by atoms with van der Waals surface area (Å²) < 4.78 is 13.1. The summed E-state index contributed by atoms with van der Waals surface area (Å²) in [5.74, 6) is -0.375.